The van der Waals surface area contributed by atoms with Crippen molar-refractivity contribution in [2.45, 2.75) is 71.9 Å². The summed E-state index contributed by atoms with van der Waals surface area (Å²) in [5.41, 5.74) is -0.196. The molecule has 0 radical (unpaired) electrons. The van der Waals surface area contributed by atoms with Crippen molar-refractivity contribution >= 4 is 24.1 Å². The van der Waals surface area contributed by atoms with Gasteiger partial charge in [-0.3, -0.25) is 24.4 Å². The van der Waals surface area contributed by atoms with Crippen LogP contribution < -0.4 is 10.6 Å². The average molecular weight is 507 g/mol. The molecule has 1 heterocycles. The predicted molar refractivity (Wildman–Crippen MR) is 132 cm³/mol. The number of amides is 4. The van der Waals surface area contributed by atoms with Crippen LogP contribution in [-0.4, -0.2) is 71.0 Å². The largest absolute Gasteiger partial charge is 0.349 e. The van der Waals surface area contributed by atoms with Gasteiger partial charge >= 0.3 is 0 Å². The zero-order valence-electron chi connectivity index (χ0n) is 21.6. The van der Waals surface area contributed by atoms with E-state index in [0.29, 0.717) is 43.0 Å². The summed E-state index contributed by atoms with van der Waals surface area (Å²) >= 11 is 0. The molecule has 4 amide bonds. The Morgan fingerprint density at radius 1 is 1.19 bits per heavy atom. The lowest BCUT2D eigenvalue weighted by molar-refractivity contribution is -0.155. The lowest BCUT2D eigenvalue weighted by atomic mass is 9.84. The first-order valence-electron chi connectivity index (χ1n) is 12.5. The van der Waals surface area contributed by atoms with E-state index in [1.165, 1.54) is 24.3 Å². The van der Waals surface area contributed by atoms with Crippen molar-refractivity contribution in [3.05, 3.63) is 35.6 Å². The van der Waals surface area contributed by atoms with Gasteiger partial charge in [0.05, 0.1) is 12.5 Å². The van der Waals surface area contributed by atoms with E-state index >= 15 is 0 Å². The molecule has 1 aliphatic heterocycles. The van der Waals surface area contributed by atoms with Gasteiger partial charge in [-0.15, -0.1) is 0 Å². The quantitative estimate of drug-likeness (QED) is 0.242. The normalized spacial score (nSPS) is 16.1. The second-order valence-corrected chi connectivity index (χ2v) is 10.5. The molecular formula is C26H39FN4O5. The van der Waals surface area contributed by atoms with Gasteiger partial charge < -0.3 is 15.5 Å². The highest BCUT2D eigenvalue weighted by Gasteiger charge is 2.38. The van der Waals surface area contributed by atoms with E-state index in [1.54, 1.807) is 4.90 Å². The molecule has 9 nitrogen and oxygen atoms in total. The summed E-state index contributed by atoms with van der Waals surface area (Å²) in [6.45, 7) is 8.30. The molecule has 36 heavy (non-hydrogen) atoms. The van der Waals surface area contributed by atoms with Gasteiger partial charge in [0.2, 0.25) is 18.2 Å². The van der Waals surface area contributed by atoms with Gasteiger partial charge in [0.1, 0.15) is 11.9 Å². The molecule has 10 heteroatoms. The Labute approximate surface area is 212 Å². The average Bonchev–Trinajstić information content (AvgIpc) is 2.84. The molecule has 0 saturated carbocycles. The molecule has 0 aliphatic carbocycles. The molecule has 200 valence electrons. The third-order valence-corrected chi connectivity index (χ3v) is 6.45. The van der Waals surface area contributed by atoms with Crippen molar-refractivity contribution in [2.24, 2.45) is 11.3 Å². The number of likely N-dealkylation sites (tertiary alicyclic amines) is 1. The molecule has 1 aromatic carbocycles. The van der Waals surface area contributed by atoms with Crippen LogP contribution >= 0.6 is 0 Å². The molecule has 3 N–H and O–H groups in total. The molecule has 2 rings (SSSR count). The SMILES string of the molecule is CCCCC(CN(O)C=O)C(=O)N[C@H](C(=O)N1CCC(NC(=O)c2ccc(F)cc2)CC1)C(C)(C)C. The van der Waals surface area contributed by atoms with E-state index in [4.69, 9.17) is 0 Å². The van der Waals surface area contributed by atoms with Gasteiger partial charge in [0.25, 0.3) is 5.91 Å². The summed E-state index contributed by atoms with van der Waals surface area (Å²) in [5.74, 6) is -1.91. The van der Waals surface area contributed by atoms with E-state index < -0.39 is 23.2 Å². The van der Waals surface area contributed by atoms with Gasteiger partial charge in [0, 0.05) is 24.7 Å². The molecule has 2 atom stereocenters. The minimum Gasteiger partial charge on any atom is -0.349 e. The molecule has 1 fully saturated rings. The number of piperidine rings is 1. The van der Waals surface area contributed by atoms with Crippen LogP contribution in [0.3, 0.4) is 0 Å². The topological polar surface area (TPSA) is 119 Å². The maximum absolute atomic E-state index is 13.5. The van der Waals surface area contributed by atoms with Gasteiger partial charge in [-0.2, -0.15) is 0 Å². The highest BCUT2D eigenvalue weighted by Crippen LogP contribution is 2.24. The minimum atomic E-state index is -0.789. The number of hydroxylamine groups is 2. The molecule has 1 aliphatic rings. The number of unbranched alkanes of at least 4 members (excludes halogenated alkanes) is 1. The summed E-state index contributed by atoms with van der Waals surface area (Å²) in [4.78, 5) is 51.5. The van der Waals surface area contributed by atoms with E-state index in [-0.39, 0.29) is 36.7 Å². The first kappa shape index (κ1) is 29.2. The lowest BCUT2D eigenvalue weighted by Crippen LogP contribution is -2.58. The maximum atomic E-state index is 13.5. The summed E-state index contributed by atoms with van der Waals surface area (Å²) in [7, 11) is 0. The van der Waals surface area contributed by atoms with Crippen LogP contribution in [0, 0.1) is 17.2 Å². The monoisotopic (exact) mass is 506 g/mol. The number of nitrogens with zero attached hydrogens (tertiary/aromatic N) is 2. The third kappa shape index (κ3) is 8.58. The van der Waals surface area contributed by atoms with Crippen LogP contribution in [-0.2, 0) is 14.4 Å². The zero-order valence-corrected chi connectivity index (χ0v) is 21.6. The number of hydrogen-bond donors (Lipinski definition) is 3. The standard InChI is InChI=1S/C26H39FN4O5/c1-5-6-7-19(16-31(36)17-32)24(34)29-22(26(2,3)4)25(35)30-14-12-21(13-15-30)28-23(33)18-8-10-20(27)11-9-18/h8-11,17,19,21-22,36H,5-7,12-16H2,1-4H3,(H,28,33)(H,29,34)/t19?,22-/m1/s1. The van der Waals surface area contributed by atoms with Crippen LogP contribution in [0.2, 0.25) is 0 Å². The Hall–Kier alpha value is -3.01. The summed E-state index contributed by atoms with van der Waals surface area (Å²) < 4.78 is 13.1. The van der Waals surface area contributed by atoms with E-state index in [0.717, 1.165) is 12.8 Å². The predicted octanol–water partition coefficient (Wildman–Crippen LogP) is 2.73. The Morgan fingerprint density at radius 3 is 2.33 bits per heavy atom. The Bertz CT molecular complexity index is 895. The lowest BCUT2D eigenvalue weighted by Gasteiger charge is -2.39. The fourth-order valence-corrected chi connectivity index (χ4v) is 4.23. The summed E-state index contributed by atoms with van der Waals surface area (Å²) in [6, 6.07) is 4.42. The number of hydrogen-bond acceptors (Lipinski definition) is 5. The van der Waals surface area contributed by atoms with Crippen molar-refractivity contribution in [3.8, 4) is 0 Å². The Kier molecular flexibility index (Phi) is 10.8. The fourth-order valence-electron chi connectivity index (χ4n) is 4.23. The van der Waals surface area contributed by atoms with Crippen molar-refractivity contribution in [3.63, 3.8) is 0 Å². The van der Waals surface area contributed by atoms with Crippen LogP contribution in [0.5, 0.6) is 0 Å². The Morgan fingerprint density at radius 2 is 1.81 bits per heavy atom. The number of nitrogens with one attached hydrogen (secondary N) is 2. The molecule has 1 saturated heterocycles. The molecular weight excluding hydrogens is 467 g/mol. The first-order valence-corrected chi connectivity index (χ1v) is 12.5. The molecule has 1 aromatic rings. The van der Waals surface area contributed by atoms with Gasteiger partial charge in [-0.1, -0.05) is 40.5 Å². The zero-order chi connectivity index (χ0) is 26.9. The van der Waals surface area contributed by atoms with Crippen molar-refractivity contribution < 1.29 is 28.8 Å². The second-order valence-electron chi connectivity index (χ2n) is 10.5. The number of benzene rings is 1. The number of halogens is 1. The van der Waals surface area contributed by atoms with Crippen molar-refractivity contribution in [1.82, 2.24) is 20.6 Å². The second kappa shape index (κ2) is 13.3. The molecule has 1 unspecified atom stereocenters. The van der Waals surface area contributed by atoms with Crippen LogP contribution in [0.1, 0.15) is 70.2 Å². The highest BCUT2D eigenvalue weighted by molar-refractivity contribution is 5.94. The van der Waals surface area contributed by atoms with Crippen molar-refractivity contribution in [2.75, 3.05) is 19.6 Å². The molecule has 0 spiro atoms. The summed E-state index contributed by atoms with van der Waals surface area (Å²) in [5, 5.41) is 15.9. The van der Waals surface area contributed by atoms with Crippen molar-refractivity contribution in [1.29, 1.82) is 0 Å². The summed E-state index contributed by atoms with van der Waals surface area (Å²) in [6.07, 6.45) is 3.46. The number of carbonyl (C=O) groups excluding carboxylic acids is 4. The highest BCUT2D eigenvalue weighted by atomic mass is 19.1. The molecule has 0 aromatic heterocycles. The van der Waals surface area contributed by atoms with Crippen LogP contribution in [0.4, 0.5) is 4.39 Å². The smallest absolute Gasteiger partial charge is 0.251 e. The third-order valence-electron chi connectivity index (χ3n) is 6.45. The van der Waals surface area contributed by atoms with Gasteiger partial charge in [-0.25, -0.2) is 9.45 Å². The number of rotatable bonds is 11. The fraction of sp³-hybridized carbons (Fsp3) is 0.615. The van der Waals surface area contributed by atoms with Gasteiger partial charge in [-0.05, 0) is 48.9 Å². The van der Waals surface area contributed by atoms with Crippen LogP contribution in [0.15, 0.2) is 24.3 Å². The number of carbonyl (C=O) groups is 4. The first-order chi connectivity index (χ1) is 17.0. The maximum Gasteiger partial charge on any atom is 0.251 e. The Balaban J connectivity index is 2.00. The van der Waals surface area contributed by atoms with E-state index in [2.05, 4.69) is 10.6 Å². The minimum absolute atomic E-state index is 0.119. The van der Waals surface area contributed by atoms with E-state index in [9.17, 15) is 28.8 Å². The van der Waals surface area contributed by atoms with E-state index in [1.807, 2.05) is 27.7 Å². The molecule has 0 bridgehead atoms. The van der Waals surface area contributed by atoms with Crippen LogP contribution in [0.25, 0.3) is 0 Å². The van der Waals surface area contributed by atoms with Gasteiger partial charge in [0.15, 0.2) is 0 Å².